The van der Waals surface area contributed by atoms with Crippen molar-refractivity contribution in [3.05, 3.63) is 62.3 Å². The Morgan fingerprint density at radius 3 is 2.74 bits per heavy atom. The maximum atomic E-state index is 13.0. The zero-order valence-corrected chi connectivity index (χ0v) is 13.7. The third-order valence-corrected chi connectivity index (χ3v) is 5.49. The molecule has 116 valence electrons. The van der Waals surface area contributed by atoms with E-state index < -0.39 is 0 Å². The first-order valence-corrected chi connectivity index (χ1v) is 8.33. The number of benzene rings is 1. The molecule has 1 aliphatic rings. The van der Waals surface area contributed by atoms with Crippen molar-refractivity contribution in [1.82, 2.24) is 9.55 Å². The fourth-order valence-electron chi connectivity index (χ4n) is 3.02. The van der Waals surface area contributed by atoms with Crippen LogP contribution in [0.25, 0.3) is 21.9 Å². The Morgan fingerprint density at radius 2 is 2.00 bits per heavy atom. The van der Waals surface area contributed by atoms with Crippen LogP contribution < -0.4 is 5.56 Å². The first-order chi connectivity index (χ1) is 11.0. The van der Waals surface area contributed by atoms with Crippen molar-refractivity contribution in [2.75, 3.05) is 0 Å². The van der Waals surface area contributed by atoms with Crippen molar-refractivity contribution in [1.29, 1.82) is 0 Å². The Hall–Kier alpha value is -2.27. The predicted molar refractivity (Wildman–Crippen MR) is 92.2 cm³/mol. The van der Waals surface area contributed by atoms with Crippen LogP contribution in [0.3, 0.4) is 0 Å². The van der Waals surface area contributed by atoms with Gasteiger partial charge < -0.3 is 0 Å². The minimum absolute atomic E-state index is 0.0503. The molecule has 0 bridgehead atoms. The van der Waals surface area contributed by atoms with Gasteiger partial charge in [0.05, 0.1) is 5.39 Å². The van der Waals surface area contributed by atoms with Gasteiger partial charge in [0, 0.05) is 11.4 Å². The third-order valence-electron chi connectivity index (χ3n) is 4.39. The molecule has 3 nitrogen and oxygen atoms in total. The van der Waals surface area contributed by atoms with Gasteiger partial charge >= 0.3 is 0 Å². The van der Waals surface area contributed by atoms with Crippen molar-refractivity contribution in [3.63, 3.8) is 0 Å². The summed E-state index contributed by atoms with van der Waals surface area (Å²) < 4.78 is 14.8. The summed E-state index contributed by atoms with van der Waals surface area (Å²) in [6.45, 7) is 4.65. The molecule has 0 amide bonds. The third kappa shape index (κ3) is 2.23. The Kier molecular flexibility index (Phi) is 3.20. The number of thiophene rings is 1. The summed E-state index contributed by atoms with van der Waals surface area (Å²) >= 11 is 1.57. The van der Waals surface area contributed by atoms with Crippen LogP contribution in [0, 0.1) is 19.7 Å². The monoisotopic (exact) mass is 326 g/mol. The molecule has 5 heteroatoms. The van der Waals surface area contributed by atoms with Crippen molar-refractivity contribution >= 4 is 33.2 Å². The zero-order chi connectivity index (χ0) is 16.1. The topological polar surface area (TPSA) is 34.9 Å². The Balaban J connectivity index is 1.90. The summed E-state index contributed by atoms with van der Waals surface area (Å²) in [7, 11) is 0. The Labute approximate surface area is 136 Å². The van der Waals surface area contributed by atoms with Gasteiger partial charge in [-0.3, -0.25) is 9.36 Å². The van der Waals surface area contributed by atoms with Gasteiger partial charge in [-0.25, -0.2) is 9.37 Å². The quantitative estimate of drug-likeness (QED) is 0.673. The second kappa shape index (κ2) is 5.13. The van der Waals surface area contributed by atoms with Crippen molar-refractivity contribution in [3.8, 4) is 0 Å². The molecule has 3 heterocycles. The van der Waals surface area contributed by atoms with E-state index in [2.05, 4.69) is 0 Å². The standard InChI is InChI=1S/C18H15FN2OS/c1-10-11(2)23-17-15(10)18(22)21-8-7-13(16(21)20-17)9-12-3-5-14(19)6-4-12/h3-6,9H,7-8H2,1-2H3. The lowest BCUT2D eigenvalue weighted by Gasteiger charge is -2.03. The summed E-state index contributed by atoms with van der Waals surface area (Å²) in [4.78, 5) is 19.4. The van der Waals surface area contributed by atoms with Gasteiger partial charge in [-0.1, -0.05) is 12.1 Å². The van der Waals surface area contributed by atoms with E-state index in [4.69, 9.17) is 4.98 Å². The number of aryl methyl sites for hydroxylation is 2. The molecule has 1 aromatic carbocycles. The van der Waals surface area contributed by atoms with E-state index in [1.165, 1.54) is 12.1 Å². The number of nitrogens with zero attached hydrogens (tertiary/aromatic N) is 2. The summed E-state index contributed by atoms with van der Waals surface area (Å²) in [6, 6.07) is 6.36. The lowest BCUT2D eigenvalue weighted by atomic mass is 10.1. The van der Waals surface area contributed by atoms with Crippen LogP contribution in [0.15, 0.2) is 29.1 Å². The number of halogens is 1. The van der Waals surface area contributed by atoms with Crippen LogP contribution in [-0.4, -0.2) is 9.55 Å². The van der Waals surface area contributed by atoms with Crippen molar-refractivity contribution in [2.45, 2.75) is 26.8 Å². The minimum atomic E-state index is -0.250. The highest BCUT2D eigenvalue weighted by Gasteiger charge is 2.23. The van der Waals surface area contributed by atoms with Gasteiger partial charge in [0.25, 0.3) is 5.56 Å². The van der Waals surface area contributed by atoms with E-state index in [0.29, 0.717) is 6.54 Å². The normalized spacial score (nSPS) is 15.5. The molecule has 0 saturated heterocycles. The zero-order valence-electron chi connectivity index (χ0n) is 12.9. The Bertz CT molecular complexity index is 1010. The first kappa shape index (κ1) is 14.3. The maximum absolute atomic E-state index is 13.0. The van der Waals surface area contributed by atoms with Gasteiger partial charge in [-0.05, 0) is 55.2 Å². The minimum Gasteiger partial charge on any atom is -0.292 e. The molecule has 0 aliphatic carbocycles. The van der Waals surface area contributed by atoms with Gasteiger partial charge in [-0.15, -0.1) is 11.3 Å². The molecule has 3 aromatic rings. The molecule has 0 spiro atoms. The van der Waals surface area contributed by atoms with Crippen LogP contribution in [0.4, 0.5) is 4.39 Å². The molecule has 0 N–H and O–H groups in total. The highest BCUT2D eigenvalue weighted by molar-refractivity contribution is 7.18. The van der Waals surface area contributed by atoms with Crippen LogP contribution in [0.1, 0.15) is 28.2 Å². The van der Waals surface area contributed by atoms with Gasteiger partial charge in [-0.2, -0.15) is 0 Å². The second-order valence-corrected chi connectivity index (χ2v) is 7.03. The average Bonchev–Trinajstić information content (AvgIpc) is 3.05. The van der Waals surface area contributed by atoms with E-state index in [1.807, 2.05) is 19.9 Å². The lowest BCUT2D eigenvalue weighted by molar-refractivity contribution is 0.628. The molecule has 2 aromatic heterocycles. The second-order valence-electron chi connectivity index (χ2n) is 5.83. The van der Waals surface area contributed by atoms with Crippen LogP contribution in [-0.2, 0) is 6.54 Å². The first-order valence-electron chi connectivity index (χ1n) is 7.51. The summed E-state index contributed by atoms with van der Waals surface area (Å²) in [6.07, 6.45) is 2.76. The molecular weight excluding hydrogens is 311 g/mol. The highest BCUT2D eigenvalue weighted by atomic mass is 32.1. The molecule has 0 saturated carbocycles. The number of rotatable bonds is 1. The lowest BCUT2D eigenvalue weighted by Crippen LogP contribution is -2.20. The highest BCUT2D eigenvalue weighted by Crippen LogP contribution is 2.31. The van der Waals surface area contributed by atoms with Crippen LogP contribution >= 0.6 is 11.3 Å². The molecule has 1 aliphatic heterocycles. The summed E-state index contributed by atoms with van der Waals surface area (Å²) in [5.41, 5.74) is 3.03. The molecule has 0 unspecified atom stereocenters. The van der Waals surface area contributed by atoms with Crippen molar-refractivity contribution in [2.24, 2.45) is 0 Å². The van der Waals surface area contributed by atoms with E-state index in [1.54, 1.807) is 28.0 Å². The number of hydrogen-bond acceptors (Lipinski definition) is 3. The number of hydrogen-bond donors (Lipinski definition) is 0. The number of aromatic nitrogens is 2. The smallest absolute Gasteiger partial charge is 0.262 e. The molecule has 0 radical (unpaired) electrons. The molecule has 0 atom stereocenters. The van der Waals surface area contributed by atoms with E-state index in [9.17, 15) is 9.18 Å². The van der Waals surface area contributed by atoms with Crippen molar-refractivity contribution < 1.29 is 4.39 Å². The Morgan fingerprint density at radius 1 is 1.26 bits per heavy atom. The fourth-order valence-corrected chi connectivity index (χ4v) is 4.04. The average molecular weight is 326 g/mol. The summed E-state index contributed by atoms with van der Waals surface area (Å²) in [5.74, 6) is 0.493. The SMILES string of the molecule is Cc1sc2nc3n(c(=O)c2c1C)CCC3=Cc1ccc(F)cc1. The van der Waals surface area contributed by atoms with E-state index in [0.717, 1.165) is 44.0 Å². The largest absolute Gasteiger partial charge is 0.292 e. The molecular formula is C18H15FN2OS. The molecule has 0 fully saturated rings. The van der Waals surface area contributed by atoms with E-state index in [-0.39, 0.29) is 11.4 Å². The van der Waals surface area contributed by atoms with Gasteiger partial charge in [0.2, 0.25) is 0 Å². The van der Waals surface area contributed by atoms with Gasteiger partial charge in [0.1, 0.15) is 16.5 Å². The summed E-state index contributed by atoms with van der Waals surface area (Å²) in [5, 5.41) is 0.749. The molecule has 23 heavy (non-hydrogen) atoms. The molecule has 4 rings (SSSR count). The number of allylic oxidation sites excluding steroid dienone is 1. The van der Waals surface area contributed by atoms with Crippen LogP contribution in [0.5, 0.6) is 0 Å². The number of fused-ring (bicyclic) bond motifs is 2. The predicted octanol–water partition coefficient (Wildman–Crippen LogP) is 4.16. The van der Waals surface area contributed by atoms with E-state index >= 15 is 0 Å². The fraction of sp³-hybridized carbons (Fsp3) is 0.222. The van der Waals surface area contributed by atoms with Gasteiger partial charge in [0.15, 0.2) is 0 Å². The van der Waals surface area contributed by atoms with Crippen LogP contribution in [0.2, 0.25) is 0 Å². The maximum Gasteiger partial charge on any atom is 0.262 e.